The fraction of sp³-hybridized carbons (Fsp3) is 0.188. The number of hydrogen-bond donors (Lipinski definition) is 2. The molecular formula is C16H17N3. The van der Waals surface area contributed by atoms with Crippen LogP contribution in [0.1, 0.15) is 16.7 Å². The van der Waals surface area contributed by atoms with Gasteiger partial charge in [0.2, 0.25) is 0 Å². The van der Waals surface area contributed by atoms with Gasteiger partial charge in [0.1, 0.15) is 5.82 Å². The van der Waals surface area contributed by atoms with E-state index >= 15 is 0 Å². The second-order valence-electron chi connectivity index (χ2n) is 4.98. The van der Waals surface area contributed by atoms with Gasteiger partial charge in [-0.2, -0.15) is 0 Å². The highest BCUT2D eigenvalue weighted by atomic mass is 14.9. The predicted molar refractivity (Wildman–Crippen MR) is 78.9 cm³/mol. The fourth-order valence-electron chi connectivity index (χ4n) is 2.50. The molecule has 96 valence electrons. The van der Waals surface area contributed by atoms with Gasteiger partial charge in [-0.1, -0.05) is 29.3 Å². The predicted octanol–water partition coefficient (Wildman–Crippen LogP) is 3.31. The lowest BCUT2D eigenvalue weighted by Gasteiger charge is -2.01. The second-order valence-corrected chi connectivity index (χ2v) is 4.98. The van der Waals surface area contributed by atoms with Gasteiger partial charge in [0, 0.05) is 12.1 Å². The number of nitrogens with zero attached hydrogens (tertiary/aromatic N) is 1. The third-order valence-corrected chi connectivity index (χ3v) is 3.31. The van der Waals surface area contributed by atoms with Gasteiger partial charge in [0.15, 0.2) is 0 Å². The molecule has 0 fully saturated rings. The van der Waals surface area contributed by atoms with Crippen molar-refractivity contribution in [3.63, 3.8) is 0 Å². The van der Waals surface area contributed by atoms with Crippen LogP contribution < -0.4 is 5.73 Å². The average Bonchev–Trinajstić information content (AvgIpc) is 2.81. The van der Waals surface area contributed by atoms with E-state index in [0.717, 1.165) is 28.0 Å². The van der Waals surface area contributed by atoms with E-state index in [1.165, 1.54) is 11.1 Å². The fourth-order valence-corrected chi connectivity index (χ4v) is 2.50. The smallest absolute Gasteiger partial charge is 0.138 e. The Balaban J connectivity index is 2.20. The van der Waals surface area contributed by atoms with Crippen molar-refractivity contribution in [1.29, 1.82) is 0 Å². The highest BCUT2D eigenvalue weighted by Gasteiger charge is 2.08. The van der Waals surface area contributed by atoms with Crippen LogP contribution in [0, 0.1) is 13.8 Å². The van der Waals surface area contributed by atoms with E-state index in [1.807, 2.05) is 18.2 Å². The Hall–Kier alpha value is -2.13. The van der Waals surface area contributed by atoms with Crippen molar-refractivity contribution in [2.45, 2.75) is 20.4 Å². The molecule has 3 heteroatoms. The number of imidazole rings is 1. The van der Waals surface area contributed by atoms with Crippen LogP contribution in [0.25, 0.3) is 22.4 Å². The maximum Gasteiger partial charge on any atom is 0.138 e. The van der Waals surface area contributed by atoms with Crippen LogP contribution in [0.3, 0.4) is 0 Å². The molecule has 0 saturated heterocycles. The van der Waals surface area contributed by atoms with Gasteiger partial charge in [-0.15, -0.1) is 0 Å². The molecule has 0 atom stereocenters. The van der Waals surface area contributed by atoms with Crippen LogP contribution in [0.4, 0.5) is 0 Å². The number of nitrogens with two attached hydrogens (primary N) is 1. The summed E-state index contributed by atoms with van der Waals surface area (Å²) in [6.07, 6.45) is 0. The number of nitrogens with one attached hydrogen (secondary N) is 1. The van der Waals surface area contributed by atoms with Crippen LogP contribution in [0.5, 0.6) is 0 Å². The molecule has 2 aromatic carbocycles. The molecule has 0 saturated carbocycles. The number of aromatic nitrogens is 2. The molecule has 0 aliphatic carbocycles. The lowest BCUT2D eigenvalue weighted by atomic mass is 10.1. The van der Waals surface area contributed by atoms with Crippen molar-refractivity contribution in [3.05, 3.63) is 53.1 Å². The largest absolute Gasteiger partial charge is 0.338 e. The summed E-state index contributed by atoms with van der Waals surface area (Å²) >= 11 is 0. The first-order valence-corrected chi connectivity index (χ1v) is 6.44. The number of aromatic amines is 1. The summed E-state index contributed by atoms with van der Waals surface area (Å²) in [6, 6.07) is 12.5. The van der Waals surface area contributed by atoms with E-state index in [0.29, 0.717) is 6.54 Å². The van der Waals surface area contributed by atoms with Crippen molar-refractivity contribution in [3.8, 4) is 11.4 Å². The van der Waals surface area contributed by atoms with E-state index in [9.17, 15) is 0 Å². The molecule has 19 heavy (non-hydrogen) atoms. The Bertz CT molecular complexity index is 721. The van der Waals surface area contributed by atoms with Gasteiger partial charge in [0.05, 0.1) is 11.0 Å². The minimum Gasteiger partial charge on any atom is -0.338 e. The van der Waals surface area contributed by atoms with E-state index in [2.05, 4.69) is 37.0 Å². The lowest BCUT2D eigenvalue weighted by Crippen LogP contribution is -1.96. The van der Waals surface area contributed by atoms with Crippen LogP contribution in [-0.4, -0.2) is 9.97 Å². The van der Waals surface area contributed by atoms with Crippen molar-refractivity contribution in [1.82, 2.24) is 9.97 Å². The molecule has 1 aromatic heterocycles. The minimum absolute atomic E-state index is 0.508. The summed E-state index contributed by atoms with van der Waals surface area (Å²) in [6.45, 7) is 4.71. The molecule has 0 amide bonds. The number of benzene rings is 2. The maximum atomic E-state index is 5.76. The monoisotopic (exact) mass is 251 g/mol. The average molecular weight is 251 g/mol. The highest BCUT2D eigenvalue weighted by molar-refractivity contribution is 5.82. The highest BCUT2D eigenvalue weighted by Crippen LogP contribution is 2.24. The van der Waals surface area contributed by atoms with Gasteiger partial charge < -0.3 is 10.7 Å². The van der Waals surface area contributed by atoms with Crippen LogP contribution >= 0.6 is 0 Å². The third kappa shape index (κ3) is 2.13. The molecule has 3 aromatic rings. The Kier molecular flexibility index (Phi) is 2.84. The standard InChI is InChI=1S/C16H17N3/c1-10-6-11(2)8-13(7-10)16-18-14-5-3-4-12(9-17)15(14)19-16/h3-8H,9,17H2,1-2H3,(H,18,19). The first-order chi connectivity index (χ1) is 9.17. The Morgan fingerprint density at radius 2 is 1.84 bits per heavy atom. The maximum absolute atomic E-state index is 5.76. The summed E-state index contributed by atoms with van der Waals surface area (Å²) in [5.41, 5.74) is 12.5. The third-order valence-electron chi connectivity index (χ3n) is 3.31. The van der Waals surface area contributed by atoms with Gasteiger partial charge in [0.25, 0.3) is 0 Å². The molecule has 0 aliphatic heterocycles. The zero-order valence-corrected chi connectivity index (χ0v) is 11.2. The molecule has 0 radical (unpaired) electrons. The zero-order chi connectivity index (χ0) is 13.4. The van der Waals surface area contributed by atoms with E-state index in [1.54, 1.807) is 0 Å². The lowest BCUT2D eigenvalue weighted by molar-refractivity contribution is 1.08. The molecule has 1 heterocycles. The van der Waals surface area contributed by atoms with E-state index < -0.39 is 0 Å². The SMILES string of the molecule is Cc1cc(C)cc(-c2nc3c(CN)cccc3[nH]2)c1. The molecule has 3 nitrogen and oxygen atoms in total. The summed E-state index contributed by atoms with van der Waals surface area (Å²) in [4.78, 5) is 8.07. The molecule has 3 N–H and O–H groups in total. The Morgan fingerprint density at radius 1 is 1.11 bits per heavy atom. The summed E-state index contributed by atoms with van der Waals surface area (Å²) in [7, 11) is 0. The van der Waals surface area contributed by atoms with Gasteiger partial charge in [-0.25, -0.2) is 4.98 Å². The molecule has 0 unspecified atom stereocenters. The van der Waals surface area contributed by atoms with Crippen LogP contribution in [-0.2, 0) is 6.54 Å². The topological polar surface area (TPSA) is 54.7 Å². The Morgan fingerprint density at radius 3 is 2.53 bits per heavy atom. The quantitative estimate of drug-likeness (QED) is 0.734. The van der Waals surface area contributed by atoms with Crippen LogP contribution in [0.15, 0.2) is 36.4 Å². The van der Waals surface area contributed by atoms with Gasteiger partial charge in [-0.05, 0) is 37.6 Å². The molecule has 3 rings (SSSR count). The van der Waals surface area contributed by atoms with Crippen molar-refractivity contribution >= 4 is 11.0 Å². The zero-order valence-electron chi connectivity index (χ0n) is 11.2. The number of H-pyrrole nitrogens is 1. The molecule has 0 bridgehead atoms. The molecule has 0 spiro atoms. The Labute approximate surface area is 112 Å². The van der Waals surface area contributed by atoms with E-state index in [-0.39, 0.29) is 0 Å². The first-order valence-electron chi connectivity index (χ1n) is 6.44. The number of aryl methyl sites for hydroxylation is 2. The van der Waals surface area contributed by atoms with Crippen LogP contribution in [0.2, 0.25) is 0 Å². The molecular weight excluding hydrogens is 234 g/mol. The van der Waals surface area contributed by atoms with Gasteiger partial charge >= 0.3 is 0 Å². The summed E-state index contributed by atoms with van der Waals surface area (Å²) in [5, 5.41) is 0. The summed E-state index contributed by atoms with van der Waals surface area (Å²) in [5.74, 6) is 0.905. The van der Waals surface area contributed by atoms with Gasteiger partial charge in [-0.3, -0.25) is 0 Å². The summed E-state index contributed by atoms with van der Waals surface area (Å²) < 4.78 is 0. The van der Waals surface area contributed by atoms with Crippen molar-refractivity contribution in [2.75, 3.05) is 0 Å². The molecule has 0 aliphatic rings. The number of fused-ring (bicyclic) bond motifs is 1. The number of hydrogen-bond acceptors (Lipinski definition) is 2. The number of para-hydroxylation sites is 1. The van der Waals surface area contributed by atoms with Crippen molar-refractivity contribution in [2.24, 2.45) is 5.73 Å². The second kappa shape index (κ2) is 4.52. The van der Waals surface area contributed by atoms with E-state index in [4.69, 9.17) is 10.7 Å². The first kappa shape index (κ1) is 11.9. The van der Waals surface area contributed by atoms with Crippen molar-refractivity contribution < 1.29 is 0 Å². The normalized spacial score (nSPS) is 11.1. The minimum atomic E-state index is 0.508. The number of rotatable bonds is 2.